The fourth-order valence-corrected chi connectivity index (χ4v) is 6.29. The summed E-state index contributed by atoms with van der Waals surface area (Å²) in [5, 5.41) is 80.8. The number of aromatic hydroxyl groups is 6. The van der Waals surface area contributed by atoms with Crippen LogP contribution in [0.25, 0.3) is 32.7 Å². The molecular weight excluding hydrogens is 601 g/mol. The Bertz CT molecular complexity index is 1700. The lowest BCUT2D eigenvalue weighted by atomic mass is 9.83. The second-order valence-corrected chi connectivity index (χ2v) is 12.4. The molecule has 4 aromatic carbocycles. The van der Waals surface area contributed by atoms with Gasteiger partial charge < -0.3 is 30.6 Å². The van der Waals surface area contributed by atoms with Crippen molar-refractivity contribution < 1.29 is 30.6 Å². The van der Waals surface area contributed by atoms with Crippen LogP contribution in [0.4, 0.5) is 0 Å². The van der Waals surface area contributed by atoms with Crippen LogP contribution in [0.15, 0.2) is 22.1 Å². The number of nitrogens with two attached hydrogens (primary N) is 2. The summed E-state index contributed by atoms with van der Waals surface area (Å²) in [6.07, 6.45) is 2.71. The predicted octanol–water partition coefficient (Wildman–Crippen LogP) is 6.72. The van der Waals surface area contributed by atoms with Crippen LogP contribution < -0.4 is 10.3 Å². The average molecular weight is 639 g/mol. The zero-order valence-electron chi connectivity index (χ0n) is 25.4. The number of hydrogen-bond acceptors (Lipinski definition) is 12. The van der Waals surface area contributed by atoms with E-state index in [4.69, 9.17) is 10.3 Å². The Labute approximate surface area is 264 Å². The second-order valence-electron chi connectivity index (χ2n) is 11.3. The highest BCUT2D eigenvalue weighted by atomic mass is 32.2. The number of benzene rings is 4. The molecule has 0 fully saturated rings. The maximum Gasteiger partial charge on any atom is 0.167 e. The highest BCUT2D eigenvalue weighted by Gasteiger charge is 2.29. The van der Waals surface area contributed by atoms with E-state index in [1.54, 1.807) is 26.0 Å². The van der Waals surface area contributed by atoms with Crippen molar-refractivity contribution in [2.75, 3.05) is 11.8 Å². The molecule has 0 bridgehead atoms. The van der Waals surface area contributed by atoms with Gasteiger partial charge in [-0.05, 0) is 47.6 Å². The molecule has 234 valence electrons. The number of fused-ring (bicyclic) bond motifs is 2. The van der Waals surface area contributed by atoms with Gasteiger partial charge in [-0.3, -0.25) is 20.3 Å². The van der Waals surface area contributed by atoms with E-state index in [1.807, 2.05) is 27.7 Å². The summed E-state index contributed by atoms with van der Waals surface area (Å²) in [6, 6.07) is 3.59. The summed E-state index contributed by atoms with van der Waals surface area (Å²) in [4.78, 5) is 8.45. The first kappa shape index (κ1) is 33.1. The molecule has 0 aliphatic carbocycles. The van der Waals surface area contributed by atoms with Gasteiger partial charge in [-0.2, -0.15) is 0 Å². The molecule has 12 heteroatoms. The van der Waals surface area contributed by atoms with Crippen molar-refractivity contribution in [2.45, 2.75) is 53.4 Å². The number of rotatable bonds is 9. The zero-order chi connectivity index (χ0) is 32.6. The highest BCUT2D eigenvalue weighted by Crippen LogP contribution is 2.54. The SMILES string of the molecule is Cc1cc2c(C(C)C)c(O)c(O)c(/C=N/CSN)c2c(O)c1-c1c(C)cc2c(C(C)C)c(O)c(O)c(/C=N/CSN)c2c1O. The van der Waals surface area contributed by atoms with E-state index in [9.17, 15) is 30.6 Å². The lowest BCUT2D eigenvalue weighted by Crippen LogP contribution is -2.01. The van der Waals surface area contributed by atoms with Crippen LogP contribution >= 0.6 is 23.9 Å². The normalized spacial score (nSPS) is 12.3. The van der Waals surface area contributed by atoms with E-state index in [1.165, 1.54) is 12.4 Å². The minimum absolute atomic E-state index is 0.101. The van der Waals surface area contributed by atoms with Gasteiger partial charge >= 0.3 is 0 Å². The largest absolute Gasteiger partial charge is 0.507 e. The average Bonchev–Trinajstić information content (AvgIpc) is 2.94. The first-order valence-electron chi connectivity index (χ1n) is 13.9. The van der Waals surface area contributed by atoms with Gasteiger partial charge in [-0.25, -0.2) is 0 Å². The van der Waals surface area contributed by atoms with Crippen LogP contribution in [-0.4, -0.2) is 54.8 Å². The van der Waals surface area contributed by atoms with E-state index in [0.29, 0.717) is 33.0 Å². The third kappa shape index (κ3) is 5.47. The third-order valence-electron chi connectivity index (χ3n) is 7.73. The predicted molar refractivity (Wildman–Crippen MR) is 183 cm³/mol. The second kappa shape index (κ2) is 13.0. The highest BCUT2D eigenvalue weighted by molar-refractivity contribution is 7.97. The van der Waals surface area contributed by atoms with Crippen molar-refractivity contribution in [3.63, 3.8) is 0 Å². The molecular formula is C32H38N4O6S2. The van der Waals surface area contributed by atoms with Crippen LogP contribution in [0, 0.1) is 13.8 Å². The molecule has 0 atom stereocenters. The summed E-state index contributed by atoms with van der Waals surface area (Å²) in [5.74, 6) is -2.02. The fourth-order valence-electron chi connectivity index (χ4n) is 5.97. The number of phenolic OH excluding ortho intramolecular Hbond substituents is 6. The van der Waals surface area contributed by atoms with Crippen LogP contribution in [0.1, 0.15) is 72.9 Å². The Balaban J connectivity index is 2.24. The van der Waals surface area contributed by atoms with E-state index >= 15 is 0 Å². The topological polar surface area (TPSA) is 198 Å². The van der Waals surface area contributed by atoms with Crippen molar-refractivity contribution in [3.05, 3.63) is 45.5 Å². The Morgan fingerprint density at radius 3 is 1.25 bits per heavy atom. The van der Waals surface area contributed by atoms with Gasteiger partial charge in [-0.15, -0.1) is 0 Å². The molecule has 0 saturated heterocycles. The Hall–Kier alpha value is -3.84. The van der Waals surface area contributed by atoms with Gasteiger partial charge in [0.15, 0.2) is 23.0 Å². The molecule has 10 N–H and O–H groups in total. The van der Waals surface area contributed by atoms with Crippen LogP contribution in [0.5, 0.6) is 34.5 Å². The van der Waals surface area contributed by atoms with E-state index < -0.39 is 11.5 Å². The van der Waals surface area contributed by atoms with Gasteiger partial charge in [-0.1, -0.05) is 63.7 Å². The molecule has 0 aliphatic rings. The third-order valence-corrected chi connectivity index (χ3v) is 8.32. The molecule has 0 heterocycles. The Morgan fingerprint density at radius 2 is 0.955 bits per heavy atom. The number of phenols is 6. The lowest BCUT2D eigenvalue weighted by Gasteiger charge is -2.23. The van der Waals surface area contributed by atoms with Crippen LogP contribution in [0.2, 0.25) is 0 Å². The number of hydrogen-bond donors (Lipinski definition) is 8. The van der Waals surface area contributed by atoms with Crippen molar-refractivity contribution in [2.24, 2.45) is 20.3 Å². The first-order chi connectivity index (χ1) is 20.8. The maximum atomic E-state index is 12.0. The molecule has 4 aromatic rings. The Morgan fingerprint density at radius 1 is 0.614 bits per heavy atom. The lowest BCUT2D eigenvalue weighted by molar-refractivity contribution is 0.398. The molecule has 0 radical (unpaired) electrons. The van der Waals surface area contributed by atoms with Crippen molar-refractivity contribution in [1.29, 1.82) is 0 Å². The smallest absolute Gasteiger partial charge is 0.167 e. The van der Waals surface area contributed by atoms with Gasteiger partial charge in [0, 0.05) is 56.6 Å². The molecule has 0 unspecified atom stereocenters. The summed E-state index contributed by atoms with van der Waals surface area (Å²) in [6.45, 7) is 11.0. The van der Waals surface area contributed by atoms with Crippen molar-refractivity contribution >= 4 is 57.9 Å². The molecule has 0 saturated carbocycles. The number of aliphatic imine (C=N–C) groups is 2. The van der Waals surface area contributed by atoms with Crippen LogP contribution in [0.3, 0.4) is 0 Å². The van der Waals surface area contributed by atoms with Crippen molar-refractivity contribution in [1.82, 2.24) is 0 Å². The van der Waals surface area contributed by atoms with E-state index in [0.717, 1.165) is 23.9 Å². The van der Waals surface area contributed by atoms with Crippen molar-refractivity contribution in [3.8, 4) is 45.6 Å². The molecule has 44 heavy (non-hydrogen) atoms. The minimum Gasteiger partial charge on any atom is -0.507 e. The van der Waals surface area contributed by atoms with E-state index in [-0.39, 0.29) is 79.6 Å². The van der Waals surface area contributed by atoms with Gasteiger partial charge in [0.1, 0.15) is 11.5 Å². The molecule has 4 rings (SSSR count). The summed E-state index contributed by atoms with van der Waals surface area (Å²) >= 11 is 1.95. The summed E-state index contributed by atoms with van der Waals surface area (Å²) in [5.41, 5.74) is 2.85. The van der Waals surface area contributed by atoms with Gasteiger partial charge in [0.2, 0.25) is 0 Å². The number of nitrogens with zero attached hydrogens (tertiary/aromatic N) is 2. The standard InChI is InChI=1S/C32H38N4O6S2/c1-13(2)21-17-7-15(5)23(29(39)25(17)19(9-35-11-43-33)27(37)31(21)41)24-16(6)8-18-22(14(3)4)32(42)28(38)20(10-36-12-44-34)26(18)30(24)40/h7-10,13-14,37-42H,11-12,33-34H2,1-6H3/b35-9+,36-10+. The van der Waals surface area contributed by atoms with Gasteiger partial charge in [0.05, 0.1) is 11.8 Å². The quantitative estimate of drug-likeness (QED) is 0.0553. The van der Waals surface area contributed by atoms with E-state index in [2.05, 4.69) is 9.98 Å². The minimum atomic E-state index is -0.435. The summed E-state index contributed by atoms with van der Waals surface area (Å²) < 4.78 is 0. The Kier molecular flexibility index (Phi) is 9.79. The number of aryl methyl sites for hydroxylation is 2. The first-order valence-corrected chi connectivity index (χ1v) is 16.0. The molecule has 0 spiro atoms. The summed E-state index contributed by atoms with van der Waals surface area (Å²) in [7, 11) is 0. The van der Waals surface area contributed by atoms with Crippen LogP contribution in [-0.2, 0) is 0 Å². The molecule has 10 nitrogen and oxygen atoms in total. The molecule has 0 aliphatic heterocycles. The van der Waals surface area contributed by atoms with Gasteiger partial charge in [0.25, 0.3) is 0 Å². The molecule has 0 aromatic heterocycles. The zero-order valence-corrected chi connectivity index (χ0v) is 27.1. The maximum absolute atomic E-state index is 12.0. The fraction of sp³-hybridized carbons (Fsp3) is 0.312. The monoisotopic (exact) mass is 638 g/mol. The molecule has 0 amide bonds.